The van der Waals surface area contributed by atoms with Gasteiger partial charge in [0, 0.05) is 12.7 Å². The maximum atomic E-state index is 12.5. The molecular formula is C10H9ClF3N5. The molecule has 1 N–H and O–H groups in total. The van der Waals surface area contributed by atoms with E-state index in [1.165, 1.54) is 6.20 Å². The van der Waals surface area contributed by atoms with Crippen LogP contribution in [-0.2, 0) is 6.18 Å². The van der Waals surface area contributed by atoms with Crippen LogP contribution >= 0.6 is 11.6 Å². The van der Waals surface area contributed by atoms with Gasteiger partial charge in [-0.05, 0) is 13.0 Å². The van der Waals surface area contributed by atoms with E-state index >= 15 is 0 Å². The quantitative estimate of drug-likeness (QED) is 0.945. The van der Waals surface area contributed by atoms with Crippen molar-refractivity contribution in [2.75, 3.05) is 11.9 Å². The summed E-state index contributed by atoms with van der Waals surface area (Å²) < 4.78 is 38.4. The van der Waals surface area contributed by atoms with E-state index in [1.54, 1.807) is 0 Å². The Hall–Kier alpha value is -1.83. The minimum absolute atomic E-state index is 0.0862. The summed E-state index contributed by atoms with van der Waals surface area (Å²) in [5.41, 5.74) is -1.01. The fourth-order valence-corrected chi connectivity index (χ4v) is 1.53. The zero-order valence-corrected chi connectivity index (χ0v) is 10.5. The van der Waals surface area contributed by atoms with Crippen molar-refractivity contribution in [2.24, 2.45) is 0 Å². The zero-order chi connectivity index (χ0) is 14.0. The van der Waals surface area contributed by atoms with Gasteiger partial charge >= 0.3 is 6.18 Å². The summed E-state index contributed by atoms with van der Waals surface area (Å²) in [6.07, 6.45) is -2.06. The van der Waals surface area contributed by atoms with Crippen molar-refractivity contribution >= 4 is 17.5 Å². The highest BCUT2D eigenvalue weighted by molar-refractivity contribution is 6.32. The third kappa shape index (κ3) is 2.95. The minimum atomic E-state index is -4.50. The molecule has 0 aromatic carbocycles. The summed E-state index contributed by atoms with van der Waals surface area (Å²) >= 11 is 5.86. The van der Waals surface area contributed by atoms with Gasteiger partial charge in [-0.25, -0.2) is 9.67 Å². The molecule has 2 rings (SSSR count). The average Bonchev–Trinajstić information content (AvgIpc) is 2.81. The molecule has 0 aliphatic carbocycles. The Labute approximate surface area is 111 Å². The number of nitrogens with zero attached hydrogens (tertiary/aromatic N) is 4. The second-order valence-corrected chi connectivity index (χ2v) is 3.95. The second kappa shape index (κ2) is 5.04. The number of alkyl halides is 3. The Morgan fingerprint density at radius 1 is 1.42 bits per heavy atom. The number of hydrogen-bond donors (Lipinski definition) is 1. The molecule has 0 saturated heterocycles. The third-order valence-electron chi connectivity index (χ3n) is 2.16. The SMILES string of the molecule is CCNc1ncc(Cl)c(-n2ccc(C(F)(F)F)n2)n1. The van der Waals surface area contributed by atoms with Crippen molar-refractivity contribution in [3.05, 3.63) is 29.2 Å². The standard InChI is InChI=1S/C10H9ClF3N5/c1-2-15-9-16-5-6(11)8(17-9)19-4-3-7(18-19)10(12,13)14/h3-5H,2H2,1H3,(H,15,16,17). The number of halogens is 4. The lowest BCUT2D eigenvalue weighted by Crippen LogP contribution is -2.09. The first kappa shape index (κ1) is 13.6. The molecule has 0 atom stereocenters. The Morgan fingerprint density at radius 2 is 2.16 bits per heavy atom. The largest absolute Gasteiger partial charge is 0.435 e. The first-order valence-electron chi connectivity index (χ1n) is 5.31. The molecule has 0 spiro atoms. The maximum absolute atomic E-state index is 12.5. The molecule has 0 aliphatic heterocycles. The van der Waals surface area contributed by atoms with E-state index in [4.69, 9.17) is 11.6 Å². The highest BCUT2D eigenvalue weighted by Gasteiger charge is 2.33. The Kier molecular flexibility index (Phi) is 3.61. The zero-order valence-electron chi connectivity index (χ0n) is 9.74. The highest BCUT2D eigenvalue weighted by Crippen LogP contribution is 2.28. The first-order chi connectivity index (χ1) is 8.91. The smallest absolute Gasteiger partial charge is 0.354 e. The molecule has 0 amide bonds. The number of aromatic nitrogens is 4. The van der Waals surface area contributed by atoms with Crippen molar-refractivity contribution in [3.8, 4) is 5.82 Å². The van der Waals surface area contributed by atoms with Crippen LogP contribution in [0.2, 0.25) is 5.02 Å². The molecule has 102 valence electrons. The van der Waals surface area contributed by atoms with Gasteiger partial charge in [0.15, 0.2) is 11.5 Å². The molecule has 2 aromatic rings. The lowest BCUT2D eigenvalue weighted by Gasteiger charge is -2.06. The fourth-order valence-electron chi connectivity index (χ4n) is 1.36. The summed E-state index contributed by atoms with van der Waals surface area (Å²) in [7, 11) is 0. The normalized spacial score (nSPS) is 11.6. The molecule has 0 unspecified atom stereocenters. The van der Waals surface area contributed by atoms with Crippen molar-refractivity contribution < 1.29 is 13.2 Å². The lowest BCUT2D eigenvalue weighted by molar-refractivity contribution is -0.141. The molecule has 0 bridgehead atoms. The van der Waals surface area contributed by atoms with Crippen molar-refractivity contribution in [3.63, 3.8) is 0 Å². The van der Waals surface area contributed by atoms with E-state index in [0.717, 1.165) is 16.9 Å². The molecule has 0 fully saturated rings. The van der Waals surface area contributed by atoms with Crippen LogP contribution in [0.4, 0.5) is 19.1 Å². The van der Waals surface area contributed by atoms with Crippen LogP contribution in [0.1, 0.15) is 12.6 Å². The summed E-state index contributed by atoms with van der Waals surface area (Å²) in [6.45, 7) is 2.42. The van der Waals surface area contributed by atoms with Gasteiger partial charge in [0.05, 0.1) is 6.20 Å². The van der Waals surface area contributed by atoms with Crippen LogP contribution in [0.3, 0.4) is 0 Å². The number of anilines is 1. The summed E-state index contributed by atoms with van der Waals surface area (Å²) in [4.78, 5) is 7.90. The molecule has 19 heavy (non-hydrogen) atoms. The van der Waals surface area contributed by atoms with E-state index in [2.05, 4.69) is 20.4 Å². The fraction of sp³-hybridized carbons (Fsp3) is 0.300. The predicted octanol–water partition coefficient (Wildman–Crippen LogP) is 2.77. The molecule has 0 radical (unpaired) electrons. The molecule has 5 nitrogen and oxygen atoms in total. The van der Waals surface area contributed by atoms with Gasteiger partial charge < -0.3 is 5.32 Å². The number of hydrogen-bond acceptors (Lipinski definition) is 4. The van der Waals surface area contributed by atoms with E-state index in [9.17, 15) is 13.2 Å². The monoisotopic (exact) mass is 291 g/mol. The van der Waals surface area contributed by atoms with Crippen LogP contribution in [0.25, 0.3) is 5.82 Å². The Balaban J connectivity index is 2.41. The molecule has 0 aliphatic rings. The van der Waals surface area contributed by atoms with Gasteiger partial charge in [0.1, 0.15) is 5.02 Å². The van der Waals surface area contributed by atoms with E-state index in [1.807, 2.05) is 6.92 Å². The summed E-state index contributed by atoms with van der Waals surface area (Å²) in [5.74, 6) is 0.356. The van der Waals surface area contributed by atoms with Crippen molar-refractivity contribution in [1.29, 1.82) is 0 Å². The van der Waals surface area contributed by atoms with Gasteiger partial charge in [0.2, 0.25) is 5.95 Å². The topological polar surface area (TPSA) is 55.6 Å². The van der Waals surface area contributed by atoms with Gasteiger partial charge in [-0.1, -0.05) is 11.6 Å². The molecule has 2 aromatic heterocycles. The van der Waals surface area contributed by atoms with Crippen LogP contribution < -0.4 is 5.32 Å². The second-order valence-electron chi connectivity index (χ2n) is 3.54. The molecule has 2 heterocycles. The van der Waals surface area contributed by atoms with Crippen LogP contribution in [-0.4, -0.2) is 26.3 Å². The van der Waals surface area contributed by atoms with E-state index in [-0.39, 0.29) is 16.8 Å². The van der Waals surface area contributed by atoms with Crippen LogP contribution in [0.5, 0.6) is 0 Å². The summed E-state index contributed by atoms with van der Waals surface area (Å²) in [6, 6.07) is 0.853. The molecular weight excluding hydrogens is 283 g/mol. The van der Waals surface area contributed by atoms with Gasteiger partial charge in [-0.15, -0.1) is 0 Å². The van der Waals surface area contributed by atoms with Gasteiger partial charge in [-0.2, -0.15) is 23.3 Å². The van der Waals surface area contributed by atoms with E-state index < -0.39 is 11.9 Å². The van der Waals surface area contributed by atoms with Crippen LogP contribution in [0, 0.1) is 0 Å². The van der Waals surface area contributed by atoms with Gasteiger partial charge in [0.25, 0.3) is 0 Å². The van der Waals surface area contributed by atoms with E-state index in [0.29, 0.717) is 6.54 Å². The maximum Gasteiger partial charge on any atom is 0.435 e. The third-order valence-corrected chi connectivity index (χ3v) is 2.42. The summed E-state index contributed by atoms with van der Waals surface area (Å²) in [5, 5.41) is 6.35. The highest BCUT2D eigenvalue weighted by atomic mass is 35.5. The number of rotatable bonds is 3. The average molecular weight is 292 g/mol. The van der Waals surface area contributed by atoms with Crippen LogP contribution in [0.15, 0.2) is 18.5 Å². The Morgan fingerprint density at radius 3 is 2.74 bits per heavy atom. The first-order valence-corrected chi connectivity index (χ1v) is 5.69. The van der Waals surface area contributed by atoms with Crippen molar-refractivity contribution in [1.82, 2.24) is 19.7 Å². The van der Waals surface area contributed by atoms with Gasteiger partial charge in [-0.3, -0.25) is 0 Å². The minimum Gasteiger partial charge on any atom is -0.354 e. The Bertz CT molecular complexity index is 581. The molecule has 9 heteroatoms. The lowest BCUT2D eigenvalue weighted by atomic mass is 10.4. The molecule has 0 saturated carbocycles. The predicted molar refractivity (Wildman–Crippen MR) is 63.3 cm³/mol. The van der Waals surface area contributed by atoms with Crippen molar-refractivity contribution in [2.45, 2.75) is 13.1 Å². The number of nitrogens with one attached hydrogen (secondary N) is 1.